The molecule has 0 bridgehead atoms. The molecule has 0 spiro atoms. The summed E-state index contributed by atoms with van der Waals surface area (Å²) in [7, 11) is 0. The Kier molecular flexibility index (Phi) is 7.04. The van der Waals surface area contributed by atoms with Crippen LogP contribution in [0.5, 0.6) is 0 Å². The smallest absolute Gasteiger partial charge is 0.00225 e. The lowest BCUT2D eigenvalue weighted by atomic mass is 9.92. The Morgan fingerprint density at radius 3 is 2.56 bits per heavy atom. The Labute approximate surface area is 113 Å². The fourth-order valence-corrected chi connectivity index (χ4v) is 2.33. The highest BCUT2D eigenvalue weighted by Gasteiger charge is 2.11. The Balaban J connectivity index is 2.63. The summed E-state index contributed by atoms with van der Waals surface area (Å²) in [4.78, 5) is 0. The van der Waals surface area contributed by atoms with Crippen LogP contribution in [-0.4, -0.2) is 12.6 Å². The average Bonchev–Trinajstić information content (AvgIpc) is 2.33. The lowest BCUT2D eigenvalue weighted by molar-refractivity contribution is 0.489. The van der Waals surface area contributed by atoms with E-state index < -0.39 is 0 Å². The first-order valence-electron chi connectivity index (χ1n) is 7.43. The molecule has 0 saturated carbocycles. The van der Waals surface area contributed by atoms with E-state index in [1.165, 1.54) is 36.8 Å². The summed E-state index contributed by atoms with van der Waals surface area (Å²) in [6.45, 7) is 10.0. The van der Waals surface area contributed by atoms with Crippen LogP contribution >= 0.6 is 0 Å². The molecule has 18 heavy (non-hydrogen) atoms. The Bertz CT molecular complexity index is 330. The first-order valence-corrected chi connectivity index (χ1v) is 7.43. The van der Waals surface area contributed by atoms with E-state index in [-0.39, 0.29) is 0 Å². The minimum absolute atomic E-state index is 0.573. The molecule has 0 amide bonds. The number of benzene rings is 1. The lowest BCUT2D eigenvalue weighted by Crippen LogP contribution is -2.28. The van der Waals surface area contributed by atoms with Gasteiger partial charge in [-0.25, -0.2) is 0 Å². The lowest BCUT2D eigenvalue weighted by Gasteiger charge is -2.20. The Morgan fingerprint density at radius 2 is 1.94 bits per heavy atom. The first kappa shape index (κ1) is 15.2. The van der Waals surface area contributed by atoms with Crippen LogP contribution < -0.4 is 5.32 Å². The zero-order chi connectivity index (χ0) is 13.4. The van der Waals surface area contributed by atoms with Crippen LogP contribution in [0.1, 0.15) is 63.5 Å². The third-order valence-corrected chi connectivity index (χ3v) is 3.44. The summed E-state index contributed by atoms with van der Waals surface area (Å²) in [6, 6.07) is 9.57. The molecule has 0 heterocycles. The molecule has 1 N–H and O–H groups in total. The van der Waals surface area contributed by atoms with E-state index in [9.17, 15) is 0 Å². The fourth-order valence-electron chi connectivity index (χ4n) is 2.33. The maximum atomic E-state index is 3.59. The largest absolute Gasteiger partial charge is 0.314 e. The predicted octanol–water partition coefficient (Wildman–Crippen LogP) is 4.66. The van der Waals surface area contributed by atoms with E-state index in [2.05, 4.69) is 57.3 Å². The molecule has 0 aliphatic rings. The molecule has 0 aromatic heterocycles. The second kappa shape index (κ2) is 8.31. The van der Waals surface area contributed by atoms with Crippen LogP contribution in [0.25, 0.3) is 0 Å². The topological polar surface area (TPSA) is 12.0 Å². The Hall–Kier alpha value is -0.820. The molecule has 1 heteroatoms. The summed E-state index contributed by atoms with van der Waals surface area (Å²) in [6.07, 6.45) is 5.30. The fraction of sp³-hybridized carbons (Fsp3) is 0.647. The maximum absolute atomic E-state index is 3.59. The molecule has 0 radical (unpaired) electrons. The normalized spacial score (nSPS) is 12.9. The summed E-state index contributed by atoms with van der Waals surface area (Å²) in [5, 5.41) is 3.59. The van der Waals surface area contributed by atoms with Gasteiger partial charge >= 0.3 is 0 Å². The quantitative estimate of drug-likeness (QED) is 0.659. The van der Waals surface area contributed by atoms with Gasteiger partial charge in [-0.2, -0.15) is 0 Å². The number of rotatable bonds is 8. The molecule has 0 saturated heterocycles. The summed E-state index contributed by atoms with van der Waals surface area (Å²) < 4.78 is 0. The third-order valence-electron chi connectivity index (χ3n) is 3.44. The second-order valence-corrected chi connectivity index (χ2v) is 5.67. The van der Waals surface area contributed by atoms with E-state index >= 15 is 0 Å². The van der Waals surface area contributed by atoms with Crippen LogP contribution in [0.4, 0.5) is 0 Å². The van der Waals surface area contributed by atoms with Gasteiger partial charge in [0.25, 0.3) is 0 Å². The minimum Gasteiger partial charge on any atom is -0.314 e. The van der Waals surface area contributed by atoms with Crippen molar-refractivity contribution in [3.63, 3.8) is 0 Å². The van der Waals surface area contributed by atoms with Crippen molar-refractivity contribution >= 4 is 0 Å². The molecule has 0 aliphatic carbocycles. The summed E-state index contributed by atoms with van der Waals surface area (Å²) >= 11 is 0. The summed E-state index contributed by atoms with van der Waals surface area (Å²) in [5.41, 5.74) is 2.87. The highest BCUT2D eigenvalue weighted by atomic mass is 14.9. The molecule has 102 valence electrons. The van der Waals surface area contributed by atoms with Crippen molar-refractivity contribution in [2.24, 2.45) is 0 Å². The number of nitrogens with one attached hydrogen (secondary N) is 1. The number of unbranched alkanes of at least 4 members (excludes halogenated alkanes) is 2. The Morgan fingerprint density at radius 1 is 1.17 bits per heavy atom. The van der Waals surface area contributed by atoms with Crippen molar-refractivity contribution in [3.8, 4) is 0 Å². The molecule has 1 aromatic rings. The van der Waals surface area contributed by atoms with Crippen LogP contribution in [0.2, 0.25) is 0 Å². The van der Waals surface area contributed by atoms with Crippen molar-refractivity contribution in [3.05, 3.63) is 35.4 Å². The molecule has 1 rings (SSSR count). The SMILES string of the molecule is CCCCCC(CNC(C)C)c1cccc(C)c1. The van der Waals surface area contributed by atoms with E-state index in [0.717, 1.165) is 6.54 Å². The molecule has 1 unspecified atom stereocenters. The summed E-state index contributed by atoms with van der Waals surface area (Å²) in [5.74, 6) is 0.666. The average molecular weight is 247 g/mol. The van der Waals surface area contributed by atoms with Gasteiger partial charge in [0.15, 0.2) is 0 Å². The van der Waals surface area contributed by atoms with Gasteiger partial charge < -0.3 is 5.32 Å². The van der Waals surface area contributed by atoms with Gasteiger partial charge in [-0.1, -0.05) is 69.9 Å². The van der Waals surface area contributed by atoms with Crippen molar-refractivity contribution < 1.29 is 0 Å². The molecule has 0 fully saturated rings. The standard InChI is InChI=1S/C17H29N/c1-5-6-7-10-17(13-18-14(2)3)16-11-8-9-15(4)12-16/h8-9,11-12,14,17-18H,5-7,10,13H2,1-4H3. The molecule has 1 nitrogen and oxygen atoms in total. The van der Waals surface area contributed by atoms with Gasteiger partial charge in [-0.3, -0.25) is 0 Å². The van der Waals surface area contributed by atoms with Crippen LogP contribution in [0.3, 0.4) is 0 Å². The predicted molar refractivity (Wildman–Crippen MR) is 81.2 cm³/mol. The van der Waals surface area contributed by atoms with Gasteiger partial charge in [0, 0.05) is 12.6 Å². The van der Waals surface area contributed by atoms with Crippen molar-refractivity contribution in [2.75, 3.05) is 6.54 Å². The van der Waals surface area contributed by atoms with Gasteiger partial charge in [-0.05, 0) is 24.8 Å². The number of aryl methyl sites for hydroxylation is 1. The third kappa shape index (κ3) is 5.68. The monoisotopic (exact) mass is 247 g/mol. The van der Waals surface area contributed by atoms with Crippen molar-refractivity contribution in [1.82, 2.24) is 5.32 Å². The van der Waals surface area contributed by atoms with Gasteiger partial charge in [-0.15, -0.1) is 0 Å². The van der Waals surface area contributed by atoms with Gasteiger partial charge in [0.1, 0.15) is 0 Å². The molecular weight excluding hydrogens is 218 g/mol. The van der Waals surface area contributed by atoms with Crippen molar-refractivity contribution in [2.45, 2.75) is 65.3 Å². The van der Waals surface area contributed by atoms with Crippen molar-refractivity contribution in [1.29, 1.82) is 0 Å². The second-order valence-electron chi connectivity index (χ2n) is 5.67. The molecular formula is C17H29N. The van der Waals surface area contributed by atoms with Crippen LogP contribution in [-0.2, 0) is 0 Å². The zero-order valence-electron chi connectivity index (χ0n) is 12.5. The molecule has 1 atom stereocenters. The maximum Gasteiger partial charge on any atom is 0.00225 e. The molecule has 0 aliphatic heterocycles. The zero-order valence-corrected chi connectivity index (χ0v) is 12.5. The van der Waals surface area contributed by atoms with E-state index in [0.29, 0.717) is 12.0 Å². The van der Waals surface area contributed by atoms with Gasteiger partial charge in [0.2, 0.25) is 0 Å². The first-order chi connectivity index (χ1) is 8.63. The van der Waals surface area contributed by atoms with E-state index in [1.54, 1.807) is 0 Å². The number of hydrogen-bond donors (Lipinski definition) is 1. The van der Waals surface area contributed by atoms with Crippen LogP contribution in [0, 0.1) is 6.92 Å². The minimum atomic E-state index is 0.573. The van der Waals surface area contributed by atoms with E-state index in [4.69, 9.17) is 0 Å². The number of hydrogen-bond acceptors (Lipinski definition) is 1. The molecule has 1 aromatic carbocycles. The highest BCUT2D eigenvalue weighted by molar-refractivity contribution is 5.25. The van der Waals surface area contributed by atoms with Gasteiger partial charge in [0.05, 0.1) is 0 Å². The highest BCUT2D eigenvalue weighted by Crippen LogP contribution is 2.23. The van der Waals surface area contributed by atoms with Crippen LogP contribution in [0.15, 0.2) is 24.3 Å². The van der Waals surface area contributed by atoms with E-state index in [1.807, 2.05) is 0 Å².